The molecule has 82 heavy (non-hydrogen) atoms. The third kappa shape index (κ3) is 21.0. The molecule has 478 valence electrons. The van der Waals surface area contributed by atoms with E-state index in [9.17, 15) is 29.7 Å². The fourth-order valence-corrected chi connectivity index (χ4v) is 13.6. The van der Waals surface area contributed by atoms with Crippen molar-refractivity contribution in [3.8, 4) is 0 Å². The van der Waals surface area contributed by atoms with Crippen LogP contribution in [-0.2, 0) is 52.3 Å². The maximum absolute atomic E-state index is 14.9. The minimum absolute atomic E-state index is 0.0113. The molecule has 0 aromatic rings. The second-order valence-corrected chi connectivity index (χ2v) is 26.3. The number of cyclic esters (lactones) is 1. The third-order valence-electron chi connectivity index (χ3n) is 18.7. The number of oxime groups is 1. The van der Waals surface area contributed by atoms with Crippen molar-refractivity contribution in [2.75, 3.05) is 41.4 Å². The molecule has 18 atom stereocenters. The predicted octanol–water partition coefficient (Wildman–Crippen LogP) is 11.3. The van der Waals surface area contributed by atoms with Crippen molar-refractivity contribution in [1.29, 1.82) is 0 Å². The van der Waals surface area contributed by atoms with Gasteiger partial charge in [0.15, 0.2) is 24.8 Å². The number of rotatable bonds is 27. The monoisotopic (exact) mass is 1170 g/mol. The van der Waals surface area contributed by atoms with Crippen LogP contribution in [0.3, 0.4) is 0 Å². The van der Waals surface area contributed by atoms with Crippen LogP contribution in [0.5, 0.6) is 0 Å². The summed E-state index contributed by atoms with van der Waals surface area (Å²) in [6.07, 6.45) is 12.5. The van der Waals surface area contributed by atoms with Crippen LogP contribution < -0.4 is 0 Å². The van der Waals surface area contributed by atoms with Crippen molar-refractivity contribution in [3.63, 3.8) is 0 Å². The summed E-state index contributed by atoms with van der Waals surface area (Å²) in [4.78, 5) is 51.2. The van der Waals surface area contributed by atoms with Crippen molar-refractivity contribution in [2.24, 2.45) is 34.7 Å². The molecule has 18 heteroatoms. The van der Waals surface area contributed by atoms with Gasteiger partial charge in [0.25, 0.3) is 0 Å². The number of hydrogen-bond donors (Lipinski definition) is 3. The first-order valence-electron chi connectivity index (χ1n) is 32.2. The van der Waals surface area contributed by atoms with Crippen LogP contribution in [0.15, 0.2) is 5.16 Å². The van der Waals surface area contributed by atoms with Gasteiger partial charge in [-0.3, -0.25) is 9.59 Å². The van der Waals surface area contributed by atoms with Crippen molar-refractivity contribution >= 4 is 23.7 Å². The first-order chi connectivity index (χ1) is 38.7. The molecule has 1 aliphatic carbocycles. The number of carbonyl (C=O) groups excluding carboxylic acids is 3. The Labute approximate surface area is 495 Å². The number of methoxy groups -OCH3 is 1. The number of likely N-dealkylation sites (N-methyl/N-ethyl adjacent to an activating group) is 1. The number of aliphatic hydroxyl groups is 3. The van der Waals surface area contributed by atoms with Gasteiger partial charge in [0, 0.05) is 51.8 Å². The molecule has 18 nitrogen and oxygen atoms in total. The van der Waals surface area contributed by atoms with Crippen LogP contribution >= 0.6 is 0 Å². The van der Waals surface area contributed by atoms with Crippen LogP contribution in [0.1, 0.15) is 231 Å². The second-order valence-electron chi connectivity index (χ2n) is 26.3. The minimum Gasteiger partial charge on any atom is -0.459 e. The fourth-order valence-electron chi connectivity index (χ4n) is 13.6. The van der Waals surface area contributed by atoms with E-state index in [1.807, 2.05) is 46.7 Å². The lowest BCUT2D eigenvalue weighted by molar-refractivity contribution is -0.318. The summed E-state index contributed by atoms with van der Waals surface area (Å²) >= 11 is 0. The standard InChI is InChI=1S/C64H117N3O15/c1-17-19-20-21-22-23-24-25-26-27-28-32-37-67(15)61(71)81-55-50(66(13)14)39-43(4)76-60(55)82-57-45(6)54(80-52-41-63(11,74-16)58(47(8)77-52)78-48(9)68)46(7)59(70)79-51(18-2)64(12,73)56(69)44(5)53(42(3)40-62(57,10)72)65-75-38-33-36-49-34-30-29-31-35-49/h42-47,49-52,54-58,60,69,72-73H,17-41H2,1-16H3/b65-53+/t42-,43-,44+,45+,46-,47+,50+,51-,52+,54+,55-,56-,57-,58+,60?,62?,63-,64-/m1/s1. The van der Waals surface area contributed by atoms with E-state index < -0.39 is 114 Å². The van der Waals surface area contributed by atoms with Crippen LogP contribution in [0.25, 0.3) is 0 Å². The quantitative estimate of drug-likeness (QED) is 0.0302. The molecule has 1 amide bonds. The number of nitrogens with zero attached hydrogens (tertiary/aromatic N) is 3. The highest BCUT2D eigenvalue weighted by atomic mass is 16.7. The lowest BCUT2D eigenvalue weighted by Crippen LogP contribution is -2.62. The zero-order chi connectivity index (χ0) is 61.0. The highest BCUT2D eigenvalue weighted by molar-refractivity contribution is 5.88. The van der Waals surface area contributed by atoms with E-state index in [4.69, 9.17) is 47.9 Å². The first kappa shape index (κ1) is 71.8. The van der Waals surface area contributed by atoms with E-state index in [0.717, 1.165) is 32.1 Å². The van der Waals surface area contributed by atoms with Gasteiger partial charge >= 0.3 is 18.0 Å². The van der Waals surface area contributed by atoms with Crippen molar-refractivity contribution in [2.45, 2.75) is 315 Å². The maximum Gasteiger partial charge on any atom is 0.410 e. The summed E-state index contributed by atoms with van der Waals surface area (Å²) in [5.41, 5.74) is -4.46. The molecule has 0 spiro atoms. The molecule has 0 aromatic carbocycles. The number of amides is 1. The van der Waals surface area contributed by atoms with E-state index in [1.54, 1.807) is 46.6 Å². The lowest BCUT2D eigenvalue weighted by Gasteiger charge is -2.49. The number of ether oxygens (including phenoxy) is 8. The van der Waals surface area contributed by atoms with Crippen molar-refractivity contribution in [1.82, 2.24) is 9.80 Å². The summed E-state index contributed by atoms with van der Waals surface area (Å²) in [5.74, 6) is -4.03. The first-order valence-corrected chi connectivity index (χ1v) is 32.2. The highest BCUT2D eigenvalue weighted by Gasteiger charge is 2.55. The minimum atomic E-state index is -1.97. The Morgan fingerprint density at radius 1 is 0.756 bits per heavy atom. The van der Waals surface area contributed by atoms with Gasteiger partial charge in [-0.05, 0) is 100 Å². The van der Waals surface area contributed by atoms with Gasteiger partial charge in [-0.25, -0.2) is 4.79 Å². The Hall–Kier alpha value is -2.68. The van der Waals surface area contributed by atoms with Crippen LogP contribution in [-0.4, -0.2) is 175 Å². The molecule has 0 bridgehead atoms. The molecule has 4 rings (SSSR count). The molecule has 4 fully saturated rings. The molecular weight excluding hydrogens is 1050 g/mol. The molecule has 3 saturated heterocycles. The van der Waals surface area contributed by atoms with E-state index in [-0.39, 0.29) is 31.4 Å². The zero-order valence-corrected chi connectivity index (χ0v) is 54.0. The van der Waals surface area contributed by atoms with Gasteiger partial charge in [0.2, 0.25) is 0 Å². The maximum atomic E-state index is 14.9. The molecule has 0 aromatic heterocycles. The number of carbonyl (C=O) groups is 3. The lowest BCUT2D eigenvalue weighted by atomic mass is 9.73. The molecule has 2 unspecified atom stereocenters. The average molecular weight is 1170 g/mol. The SMILES string of the molecule is CCCCCCCCCCCCCCN(C)C(=O)O[C@H]1C(O[C@@H]2[C@@H](C)[C@H](O[C@H]3C[C@@](C)(OC)[C@@H](OC(C)=O)[C@H](C)O3)[C@@H](C)C(=O)O[C@H](CC)[C@@](C)(O)[C@H](O)[C@@H](C)/C(=N/OCCCC3CCCCC3)[C@H](C)CC2(C)O)O[C@H](C)C[C@@H]1N(C)C. The zero-order valence-electron chi connectivity index (χ0n) is 54.0. The van der Waals surface area contributed by atoms with Gasteiger partial charge in [-0.15, -0.1) is 0 Å². The van der Waals surface area contributed by atoms with E-state index >= 15 is 0 Å². The molecule has 1 saturated carbocycles. The number of esters is 2. The number of unbranched alkanes of at least 4 members (excludes halogenated alkanes) is 11. The van der Waals surface area contributed by atoms with Gasteiger partial charge < -0.3 is 67.9 Å². The highest BCUT2D eigenvalue weighted by Crippen LogP contribution is 2.42. The topological polar surface area (TPSA) is 214 Å². The largest absolute Gasteiger partial charge is 0.459 e. The van der Waals surface area contributed by atoms with Crippen molar-refractivity contribution in [3.05, 3.63) is 0 Å². The number of aliphatic hydroxyl groups excluding tert-OH is 1. The Kier molecular flexibility index (Phi) is 30.3. The average Bonchev–Trinajstić information content (AvgIpc) is 3.45. The van der Waals surface area contributed by atoms with Gasteiger partial charge in [0.05, 0.1) is 53.8 Å². The second kappa shape index (κ2) is 34.6. The summed E-state index contributed by atoms with van der Waals surface area (Å²) in [6.45, 7) is 22.0. The predicted molar refractivity (Wildman–Crippen MR) is 318 cm³/mol. The molecule has 3 heterocycles. The summed E-state index contributed by atoms with van der Waals surface area (Å²) in [5, 5.41) is 42.8. The Morgan fingerprint density at radius 2 is 1.37 bits per heavy atom. The summed E-state index contributed by atoms with van der Waals surface area (Å²) in [7, 11) is 7.13. The molecule has 3 aliphatic heterocycles. The number of hydrogen-bond acceptors (Lipinski definition) is 17. The van der Waals surface area contributed by atoms with Crippen molar-refractivity contribution < 1.29 is 72.4 Å². The normalized spacial score (nSPS) is 37.0. The van der Waals surface area contributed by atoms with E-state index in [0.29, 0.717) is 31.2 Å². The molecule has 3 N–H and O–H groups in total. The Morgan fingerprint density at radius 3 is 1.94 bits per heavy atom. The summed E-state index contributed by atoms with van der Waals surface area (Å²) in [6, 6.07) is -0.361. The third-order valence-corrected chi connectivity index (χ3v) is 18.7. The van der Waals surface area contributed by atoms with Gasteiger partial charge in [0.1, 0.15) is 23.9 Å². The molecule has 0 radical (unpaired) electrons. The van der Waals surface area contributed by atoms with Gasteiger partial charge in [-0.1, -0.05) is 143 Å². The van der Waals surface area contributed by atoms with Crippen LogP contribution in [0, 0.1) is 29.6 Å². The van der Waals surface area contributed by atoms with E-state index in [2.05, 4.69) is 6.92 Å². The Bertz CT molecular complexity index is 1900. The fraction of sp³-hybridized carbons (Fsp3) is 0.938. The summed E-state index contributed by atoms with van der Waals surface area (Å²) < 4.78 is 52.0. The molecule has 4 aliphatic rings. The Balaban J connectivity index is 1.75. The smallest absolute Gasteiger partial charge is 0.410 e. The van der Waals surface area contributed by atoms with Crippen LogP contribution in [0.4, 0.5) is 4.79 Å². The van der Waals surface area contributed by atoms with Gasteiger partial charge in [-0.2, -0.15) is 0 Å². The van der Waals surface area contributed by atoms with E-state index in [1.165, 1.54) is 111 Å². The van der Waals surface area contributed by atoms with Crippen LogP contribution in [0.2, 0.25) is 0 Å². The molecular formula is C64H117N3O15.